The van der Waals surface area contributed by atoms with E-state index in [1.54, 1.807) is 0 Å². The third-order valence-electron chi connectivity index (χ3n) is 3.87. The molecule has 1 aromatic carbocycles. The van der Waals surface area contributed by atoms with Gasteiger partial charge in [-0.2, -0.15) is 0 Å². The number of likely N-dealkylation sites (N-methyl/N-ethyl adjacent to an activating group) is 1. The van der Waals surface area contributed by atoms with E-state index in [2.05, 4.69) is 43.0 Å². The third-order valence-corrected chi connectivity index (χ3v) is 3.87. The van der Waals surface area contributed by atoms with Gasteiger partial charge in [0.05, 0.1) is 12.5 Å². The number of carbonyl (C=O) groups is 1. The van der Waals surface area contributed by atoms with Gasteiger partial charge in [0.15, 0.2) is 5.76 Å². The lowest BCUT2D eigenvalue weighted by Crippen LogP contribution is -2.35. The number of hydrogen-bond acceptors (Lipinski definition) is 3. The maximum Gasteiger partial charge on any atom is 0.208 e. The minimum absolute atomic E-state index is 0.107. The number of aryl methyl sites for hydroxylation is 1. The van der Waals surface area contributed by atoms with Crippen LogP contribution in [0.5, 0.6) is 0 Å². The minimum Gasteiger partial charge on any atom is -0.489 e. The van der Waals surface area contributed by atoms with Gasteiger partial charge in [-0.3, -0.25) is 4.79 Å². The molecule has 1 heterocycles. The van der Waals surface area contributed by atoms with Crippen LogP contribution in [0.3, 0.4) is 0 Å². The van der Waals surface area contributed by atoms with Crippen LogP contribution in [0.1, 0.15) is 44.2 Å². The molecule has 0 N–H and O–H groups in total. The van der Waals surface area contributed by atoms with Crippen molar-refractivity contribution < 1.29 is 9.53 Å². The van der Waals surface area contributed by atoms with Crippen LogP contribution in [0, 0.1) is 0 Å². The lowest BCUT2D eigenvalue weighted by atomic mass is 9.89. The molecule has 114 valence electrons. The van der Waals surface area contributed by atoms with E-state index in [-0.39, 0.29) is 11.7 Å². The maximum absolute atomic E-state index is 12.6. The molecule has 1 atom stereocenters. The van der Waals surface area contributed by atoms with E-state index >= 15 is 0 Å². The fourth-order valence-electron chi connectivity index (χ4n) is 2.77. The van der Waals surface area contributed by atoms with E-state index in [1.165, 1.54) is 5.56 Å². The topological polar surface area (TPSA) is 29.5 Å². The van der Waals surface area contributed by atoms with Gasteiger partial charge < -0.3 is 9.64 Å². The molecule has 1 aliphatic rings. The van der Waals surface area contributed by atoms with Crippen LogP contribution in [-0.2, 0) is 16.0 Å². The van der Waals surface area contributed by atoms with Gasteiger partial charge in [-0.15, -0.1) is 0 Å². The highest BCUT2D eigenvalue weighted by molar-refractivity contribution is 5.99. The van der Waals surface area contributed by atoms with E-state index in [9.17, 15) is 4.79 Å². The minimum atomic E-state index is -0.117. The van der Waals surface area contributed by atoms with E-state index < -0.39 is 0 Å². The van der Waals surface area contributed by atoms with Crippen LogP contribution in [-0.4, -0.2) is 30.4 Å². The molecule has 0 bridgehead atoms. The average molecular weight is 287 g/mol. The van der Waals surface area contributed by atoms with Crippen molar-refractivity contribution in [1.29, 1.82) is 0 Å². The van der Waals surface area contributed by atoms with Crippen molar-refractivity contribution in [3.8, 4) is 0 Å². The fraction of sp³-hybridized carbons (Fsp3) is 0.500. The Bertz CT molecular complexity index is 522. The molecular formula is C18H25NO2. The van der Waals surface area contributed by atoms with Gasteiger partial charge in [0.1, 0.15) is 0 Å². The van der Waals surface area contributed by atoms with Crippen LogP contribution >= 0.6 is 0 Å². The summed E-state index contributed by atoms with van der Waals surface area (Å²) in [7, 11) is 0. The Balaban J connectivity index is 2.28. The summed E-state index contributed by atoms with van der Waals surface area (Å²) in [4.78, 5) is 14.8. The van der Waals surface area contributed by atoms with Gasteiger partial charge >= 0.3 is 0 Å². The van der Waals surface area contributed by atoms with Gasteiger partial charge in [0.2, 0.25) is 5.78 Å². The van der Waals surface area contributed by atoms with Crippen LogP contribution in [0.4, 0.5) is 0 Å². The molecule has 3 nitrogen and oxygen atoms in total. The number of ether oxygens (including phenoxy) is 1. The fourth-order valence-corrected chi connectivity index (χ4v) is 2.77. The number of nitrogens with zero attached hydrogens (tertiary/aromatic N) is 1. The second-order valence-electron chi connectivity index (χ2n) is 5.43. The summed E-state index contributed by atoms with van der Waals surface area (Å²) < 4.78 is 5.53. The predicted molar refractivity (Wildman–Crippen MR) is 85.1 cm³/mol. The van der Waals surface area contributed by atoms with Gasteiger partial charge in [0, 0.05) is 19.3 Å². The van der Waals surface area contributed by atoms with Gasteiger partial charge in [0.25, 0.3) is 0 Å². The highest BCUT2D eigenvalue weighted by Gasteiger charge is 2.31. The summed E-state index contributed by atoms with van der Waals surface area (Å²) in [5.74, 6) is 0.486. The molecule has 2 rings (SSSR count). The van der Waals surface area contributed by atoms with E-state index in [0.717, 1.165) is 31.5 Å². The lowest BCUT2D eigenvalue weighted by Gasteiger charge is -2.31. The van der Waals surface area contributed by atoms with Crippen molar-refractivity contribution >= 4 is 5.78 Å². The Morgan fingerprint density at radius 1 is 1.29 bits per heavy atom. The van der Waals surface area contributed by atoms with Crippen LogP contribution in [0.15, 0.2) is 36.2 Å². The summed E-state index contributed by atoms with van der Waals surface area (Å²) in [5, 5.41) is 0. The molecule has 0 amide bonds. The second-order valence-corrected chi connectivity index (χ2v) is 5.43. The zero-order valence-corrected chi connectivity index (χ0v) is 13.3. The molecule has 0 aromatic heterocycles. The Labute approximate surface area is 127 Å². The third kappa shape index (κ3) is 3.66. The summed E-state index contributed by atoms with van der Waals surface area (Å²) >= 11 is 0. The highest BCUT2D eigenvalue weighted by atomic mass is 16.5. The number of hydrogen-bond donors (Lipinski definition) is 0. The first-order valence-electron chi connectivity index (χ1n) is 7.91. The Hall–Kier alpha value is -1.77. The van der Waals surface area contributed by atoms with Crippen molar-refractivity contribution in [2.45, 2.75) is 39.5 Å². The highest BCUT2D eigenvalue weighted by Crippen LogP contribution is 2.27. The van der Waals surface area contributed by atoms with Crippen molar-refractivity contribution in [2.75, 3.05) is 19.7 Å². The maximum atomic E-state index is 12.6. The van der Waals surface area contributed by atoms with E-state index in [0.29, 0.717) is 12.4 Å². The van der Waals surface area contributed by atoms with Gasteiger partial charge in [-0.25, -0.2) is 0 Å². The van der Waals surface area contributed by atoms with Crippen molar-refractivity contribution in [2.24, 2.45) is 0 Å². The van der Waals surface area contributed by atoms with Gasteiger partial charge in [-0.05, 0) is 31.4 Å². The second kappa shape index (κ2) is 7.30. The standard InChI is InChI=1S/C18H25NO2/c1-4-8-14-9-7-10-15(11-14)16-12-19(5-2)13-17(18(16)20)21-6-3/h7,9-11,13,16H,4-6,8,12H2,1-3H3. The molecule has 3 heteroatoms. The average Bonchev–Trinajstić information content (AvgIpc) is 2.50. The molecule has 1 aliphatic heterocycles. The van der Waals surface area contributed by atoms with Gasteiger partial charge in [-0.1, -0.05) is 37.6 Å². The predicted octanol–water partition coefficient (Wildman–Crippen LogP) is 3.51. The zero-order valence-electron chi connectivity index (χ0n) is 13.3. The molecule has 0 saturated heterocycles. The van der Waals surface area contributed by atoms with Crippen LogP contribution in [0.25, 0.3) is 0 Å². The molecule has 1 unspecified atom stereocenters. The number of benzene rings is 1. The number of allylic oxidation sites excluding steroid dienone is 1. The summed E-state index contributed by atoms with van der Waals surface area (Å²) in [6.45, 7) is 8.33. The number of carbonyl (C=O) groups excluding carboxylic acids is 1. The Morgan fingerprint density at radius 2 is 2.10 bits per heavy atom. The summed E-state index contributed by atoms with van der Waals surface area (Å²) in [6, 6.07) is 8.43. The largest absolute Gasteiger partial charge is 0.489 e. The van der Waals surface area contributed by atoms with Crippen molar-refractivity contribution in [3.05, 3.63) is 47.4 Å². The molecule has 0 radical (unpaired) electrons. The summed E-state index contributed by atoms with van der Waals surface area (Å²) in [5.41, 5.74) is 2.41. The van der Waals surface area contributed by atoms with Crippen molar-refractivity contribution in [3.63, 3.8) is 0 Å². The SMILES string of the molecule is CCCc1cccc(C2CN(CC)C=C(OCC)C2=O)c1. The molecular weight excluding hydrogens is 262 g/mol. The first-order valence-corrected chi connectivity index (χ1v) is 7.91. The summed E-state index contributed by atoms with van der Waals surface area (Å²) in [6.07, 6.45) is 4.03. The van der Waals surface area contributed by atoms with Crippen LogP contribution < -0.4 is 0 Å². The number of Topliss-reactive ketones (excluding diaryl/α,β-unsaturated/α-hetero) is 1. The van der Waals surface area contributed by atoms with Crippen molar-refractivity contribution in [1.82, 2.24) is 4.90 Å². The normalized spacial score (nSPS) is 18.6. The number of ketones is 1. The van der Waals surface area contributed by atoms with Crippen LogP contribution in [0.2, 0.25) is 0 Å². The molecule has 0 saturated carbocycles. The number of rotatable bonds is 6. The molecule has 21 heavy (non-hydrogen) atoms. The molecule has 0 aliphatic carbocycles. The van der Waals surface area contributed by atoms with E-state index in [1.807, 2.05) is 13.1 Å². The lowest BCUT2D eigenvalue weighted by molar-refractivity contribution is -0.121. The molecule has 1 aromatic rings. The quantitative estimate of drug-likeness (QED) is 0.802. The Morgan fingerprint density at radius 3 is 2.76 bits per heavy atom. The first kappa shape index (κ1) is 15.6. The smallest absolute Gasteiger partial charge is 0.208 e. The zero-order chi connectivity index (χ0) is 15.2. The van der Waals surface area contributed by atoms with E-state index in [4.69, 9.17) is 4.74 Å². The first-order chi connectivity index (χ1) is 10.2. The Kier molecular flexibility index (Phi) is 5.43. The monoisotopic (exact) mass is 287 g/mol. The molecule has 0 fully saturated rings. The molecule has 0 spiro atoms.